The summed E-state index contributed by atoms with van der Waals surface area (Å²) in [5.74, 6) is -1.26. The van der Waals surface area contributed by atoms with Gasteiger partial charge in [0.15, 0.2) is 11.9 Å². The van der Waals surface area contributed by atoms with Crippen molar-refractivity contribution in [2.24, 2.45) is 0 Å². The molecule has 2 rings (SSSR count). The third-order valence-corrected chi connectivity index (χ3v) is 4.67. The molecule has 6 nitrogen and oxygen atoms in total. The molecule has 144 valence electrons. The van der Waals surface area contributed by atoms with Crippen molar-refractivity contribution in [3.63, 3.8) is 0 Å². The van der Waals surface area contributed by atoms with Crippen LogP contribution in [0.2, 0.25) is 0 Å². The summed E-state index contributed by atoms with van der Waals surface area (Å²) in [6.45, 7) is 1.46. The molecule has 1 N–H and O–H groups in total. The molecule has 0 radical (unpaired) electrons. The van der Waals surface area contributed by atoms with E-state index < -0.39 is 18.0 Å². The molecule has 0 fully saturated rings. The lowest BCUT2D eigenvalue weighted by atomic mass is 10.1. The summed E-state index contributed by atoms with van der Waals surface area (Å²) in [6.07, 6.45) is 0.865. The molecular formula is C21H20N2O4S. The molecular weight excluding hydrogens is 376 g/mol. The number of benzene rings is 2. The van der Waals surface area contributed by atoms with Crippen LogP contribution in [0, 0.1) is 11.3 Å². The smallest absolute Gasteiger partial charge is 0.307 e. The zero-order chi connectivity index (χ0) is 20.5. The number of ether oxygens (including phenoxy) is 1. The predicted molar refractivity (Wildman–Crippen MR) is 107 cm³/mol. The maximum absolute atomic E-state index is 12.1. The number of hydrogen-bond acceptors (Lipinski definition) is 6. The van der Waals surface area contributed by atoms with E-state index in [2.05, 4.69) is 5.32 Å². The molecule has 7 heteroatoms. The van der Waals surface area contributed by atoms with Gasteiger partial charge in [-0.05, 0) is 49.6 Å². The van der Waals surface area contributed by atoms with Gasteiger partial charge in [0.25, 0.3) is 5.91 Å². The molecule has 0 aliphatic heterocycles. The van der Waals surface area contributed by atoms with Crippen LogP contribution in [0.25, 0.3) is 0 Å². The first-order valence-corrected chi connectivity index (χ1v) is 9.83. The molecule has 2 aromatic rings. The van der Waals surface area contributed by atoms with Crippen LogP contribution in [0.5, 0.6) is 0 Å². The minimum absolute atomic E-state index is 0.0153. The number of nitriles is 1. The van der Waals surface area contributed by atoms with Gasteiger partial charge in [-0.25, -0.2) is 0 Å². The number of anilines is 1. The fourth-order valence-electron chi connectivity index (χ4n) is 2.32. The fraction of sp³-hybridized carbons (Fsp3) is 0.238. The monoisotopic (exact) mass is 396 g/mol. The summed E-state index contributed by atoms with van der Waals surface area (Å²) < 4.78 is 5.09. The number of hydrogen-bond donors (Lipinski definition) is 1. The predicted octanol–water partition coefficient (Wildman–Crippen LogP) is 3.81. The van der Waals surface area contributed by atoms with Crippen molar-refractivity contribution >= 4 is 35.1 Å². The Hall–Kier alpha value is -3.11. The topological polar surface area (TPSA) is 96.3 Å². The summed E-state index contributed by atoms with van der Waals surface area (Å²) >= 11 is 1.58. The van der Waals surface area contributed by atoms with Crippen molar-refractivity contribution in [1.29, 1.82) is 5.26 Å². The molecule has 2 aromatic carbocycles. The zero-order valence-electron chi connectivity index (χ0n) is 15.6. The number of amides is 1. The Kier molecular flexibility index (Phi) is 7.78. The second-order valence-electron chi connectivity index (χ2n) is 5.96. The molecule has 0 aliphatic carbocycles. The van der Waals surface area contributed by atoms with Crippen molar-refractivity contribution in [3.8, 4) is 6.07 Å². The highest BCUT2D eigenvalue weighted by Crippen LogP contribution is 2.16. The molecule has 0 aromatic heterocycles. The first kappa shape index (κ1) is 21.2. The van der Waals surface area contributed by atoms with E-state index in [4.69, 9.17) is 10.00 Å². The summed E-state index contributed by atoms with van der Waals surface area (Å²) in [6, 6.07) is 15.5. The fourth-order valence-corrected chi connectivity index (χ4v) is 2.73. The highest BCUT2D eigenvalue weighted by molar-refractivity contribution is 7.98. The second kappa shape index (κ2) is 10.3. The first-order valence-electron chi connectivity index (χ1n) is 8.60. The minimum Gasteiger partial charge on any atom is -0.453 e. The Morgan fingerprint density at radius 2 is 1.71 bits per heavy atom. The van der Waals surface area contributed by atoms with Crippen molar-refractivity contribution in [3.05, 3.63) is 59.7 Å². The number of esters is 1. The van der Waals surface area contributed by atoms with Crippen LogP contribution >= 0.6 is 11.8 Å². The lowest BCUT2D eigenvalue weighted by Crippen LogP contribution is -2.30. The molecule has 0 aliphatic rings. The van der Waals surface area contributed by atoms with Crippen molar-refractivity contribution in [2.75, 3.05) is 11.6 Å². The van der Waals surface area contributed by atoms with Crippen LogP contribution in [0.3, 0.4) is 0 Å². The average molecular weight is 396 g/mol. The third kappa shape index (κ3) is 6.25. The lowest BCUT2D eigenvalue weighted by Gasteiger charge is -2.13. The van der Waals surface area contributed by atoms with Gasteiger partial charge in [-0.15, -0.1) is 11.8 Å². The lowest BCUT2D eigenvalue weighted by molar-refractivity contribution is -0.153. The van der Waals surface area contributed by atoms with Gasteiger partial charge in [-0.1, -0.05) is 12.1 Å². The molecule has 0 saturated heterocycles. The van der Waals surface area contributed by atoms with Gasteiger partial charge in [0.2, 0.25) is 0 Å². The normalized spacial score (nSPS) is 11.2. The number of ketones is 1. The largest absolute Gasteiger partial charge is 0.453 e. The van der Waals surface area contributed by atoms with Gasteiger partial charge < -0.3 is 10.1 Å². The van der Waals surface area contributed by atoms with Gasteiger partial charge in [0.05, 0.1) is 18.1 Å². The molecule has 28 heavy (non-hydrogen) atoms. The summed E-state index contributed by atoms with van der Waals surface area (Å²) in [4.78, 5) is 37.2. The second-order valence-corrected chi connectivity index (χ2v) is 6.84. The highest BCUT2D eigenvalue weighted by atomic mass is 32.2. The van der Waals surface area contributed by atoms with E-state index in [-0.39, 0.29) is 18.6 Å². The van der Waals surface area contributed by atoms with E-state index in [0.29, 0.717) is 16.8 Å². The van der Waals surface area contributed by atoms with Gasteiger partial charge in [-0.3, -0.25) is 14.4 Å². The number of carbonyl (C=O) groups is 3. The number of carbonyl (C=O) groups excluding carboxylic acids is 3. The Bertz CT molecular complexity index is 886. The van der Waals surface area contributed by atoms with Crippen LogP contribution in [0.15, 0.2) is 53.4 Å². The number of thioether (sulfide) groups is 1. The molecule has 1 atom stereocenters. The van der Waals surface area contributed by atoms with E-state index in [9.17, 15) is 14.4 Å². The maximum Gasteiger partial charge on any atom is 0.307 e. The maximum atomic E-state index is 12.1. The number of nitrogens with one attached hydrogen (secondary N) is 1. The summed E-state index contributed by atoms with van der Waals surface area (Å²) in [5, 5.41) is 11.4. The molecule has 0 heterocycles. The van der Waals surface area contributed by atoms with Crippen molar-refractivity contribution in [2.45, 2.75) is 30.8 Å². The van der Waals surface area contributed by atoms with Crippen molar-refractivity contribution in [1.82, 2.24) is 0 Å². The number of Topliss-reactive ketones (excluding diaryl/α,β-unsaturated/α-hetero) is 1. The van der Waals surface area contributed by atoms with Gasteiger partial charge in [-0.2, -0.15) is 5.26 Å². The van der Waals surface area contributed by atoms with Gasteiger partial charge >= 0.3 is 5.97 Å². The Morgan fingerprint density at radius 3 is 2.29 bits per heavy atom. The van der Waals surface area contributed by atoms with Gasteiger partial charge in [0.1, 0.15) is 0 Å². The third-order valence-electron chi connectivity index (χ3n) is 3.93. The van der Waals surface area contributed by atoms with Crippen LogP contribution in [-0.4, -0.2) is 30.0 Å². The van der Waals surface area contributed by atoms with E-state index in [1.54, 1.807) is 48.2 Å². The standard InChI is InChI=1S/C21H20N2O4S/c1-14(21(26)23-17-7-3-15(13-22)4-8-17)27-20(25)12-11-19(24)16-5-9-18(28-2)10-6-16/h3-10,14H,11-12H2,1-2H3,(H,23,26)/t14-/m1/s1. The molecule has 1 amide bonds. The minimum atomic E-state index is -1.00. The number of nitrogens with zero attached hydrogens (tertiary/aromatic N) is 1. The van der Waals surface area contributed by atoms with Gasteiger partial charge in [0, 0.05) is 22.6 Å². The van der Waals surface area contributed by atoms with Crippen LogP contribution < -0.4 is 5.32 Å². The zero-order valence-corrected chi connectivity index (χ0v) is 16.4. The van der Waals surface area contributed by atoms with E-state index >= 15 is 0 Å². The van der Waals surface area contributed by atoms with E-state index in [0.717, 1.165) is 4.90 Å². The Balaban J connectivity index is 1.79. The van der Waals surface area contributed by atoms with E-state index in [1.807, 2.05) is 24.5 Å². The van der Waals surface area contributed by atoms with Crippen LogP contribution in [0.4, 0.5) is 5.69 Å². The van der Waals surface area contributed by atoms with Crippen LogP contribution in [0.1, 0.15) is 35.7 Å². The van der Waals surface area contributed by atoms with Crippen LogP contribution in [-0.2, 0) is 14.3 Å². The molecule has 0 saturated carbocycles. The highest BCUT2D eigenvalue weighted by Gasteiger charge is 2.19. The Labute approximate surface area is 167 Å². The Morgan fingerprint density at radius 1 is 1.07 bits per heavy atom. The SMILES string of the molecule is CSc1ccc(C(=O)CCC(=O)O[C@H](C)C(=O)Nc2ccc(C#N)cc2)cc1. The first-order chi connectivity index (χ1) is 13.4. The summed E-state index contributed by atoms with van der Waals surface area (Å²) in [7, 11) is 0. The molecule has 0 spiro atoms. The average Bonchev–Trinajstić information content (AvgIpc) is 2.72. The molecule has 0 bridgehead atoms. The molecule has 0 unspecified atom stereocenters. The summed E-state index contributed by atoms with van der Waals surface area (Å²) in [5.41, 5.74) is 1.51. The number of rotatable bonds is 8. The quantitative estimate of drug-likeness (QED) is 0.414. The van der Waals surface area contributed by atoms with E-state index in [1.165, 1.54) is 6.92 Å². The van der Waals surface area contributed by atoms with Crippen molar-refractivity contribution < 1.29 is 19.1 Å².